The summed E-state index contributed by atoms with van der Waals surface area (Å²) in [5, 5.41) is 12.3. The second-order valence-electron chi connectivity index (χ2n) is 3.30. The molecule has 1 amide bonds. The zero-order valence-corrected chi connectivity index (χ0v) is 11.3. The van der Waals surface area contributed by atoms with Crippen molar-refractivity contribution in [3.05, 3.63) is 38.3 Å². The Bertz CT molecular complexity index is 560. The van der Waals surface area contributed by atoms with Gasteiger partial charge in [-0.15, -0.1) is 11.3 Å². The van der Waals surface area contributed by atoms with Gasteiger partial charge in [-0.2, -0.15) is 10.2 Å². The van der Waals surface area contributed by atoms with Crippen molar-refractivity contribution in [2.75, 3.05) is 0 Å². The summed E-state index contributed by atoms with van der Waals surface area (Å²) >= 11 is 4.87. The molecule has 2 N–H and O–H groups in total. The zero-order valence-electron chi connectivity index (χ0n) is 8.90. The topological polar surface area (TPSA) is 70.1 Å². The second kappa shape index (κ2) is 5.24. The summed E-state index contributed by atoms with van der Waals surface area (Å²) < 4.78 is 0.998. The van der Waals surface area contributed by atoms with Crippen LogP contribution in [0, 0.1) is 6.92 Å². The van der Waals surface area contributed by atoms with Gasteiger partial charge in [0.2, 0.25) is 0 Å². The molecule has 0 saturated carbocycles. The van der Waals surface area contributed by atoms with E-state index in [0.717, 1.165) is 15.0 Å². The molecule has 0 aliphatic rings. The molecule has 0 radical (unpaired) electrons. The van der Waals surface area contributed by atoms with Gasteiger partial charge in [-0.1, -0.05) is 0 Å². The average molecular weight is 313 g/mol. The largest absolute Gasteiger partial charge is 0.291 e. The fourth-order valence-electron chi connectivity index (χ4n) is 1.14. The van der Waals surface area contributed by atoms with Gasteiger partial charge >= 0.3 is 0 Å². The van der Waals surface area contributed by atoms with Crippen molar-refractivity contribution in [3.63, 3.8) is 0 Å². The van der Waals surface area contributed by atoms with Crippen LogP contribution >= 0.6 is 27.3 Å². The quantitative estimate of drug-likeness (QED) is 0.674. The fourth-order valence-corrected chi connectivity index (χ4v) is 2.45. The van der Waals surface area contributed by atoms with E-state index in [0.29, 0.717) is 5.69 Å². The zero-order chi connectivity index (χ0) is 12.3. The lowest BCUT2D eigenvalue weighted by Crippen LogP contribution is -2.17. The summed E-state index contributed by atoms with van der Waals surface area (Å²) in [6, 6.07) is 3.57. The summed E-state index contributed by atoms with van der Waals surface area (Å²) in [6.07, 6.45) is 1.59. The molecule has 2 heterocycles. The number of hydrogen-bond donors (Lipinski definition) is 2. The molecular weight excluding hydrogens is 304 g/mol. The molecule has 0 spiro atoms. The van der Waals surface area contributed by atoms with Crippen LogP contribution in [0.3, 0.4) is 0 Å². The lowest BCUT2D eigenvalue weighted by Gasteiger charge is -1.93. The number of aryl methyl sites for hydroxylation is 1. The van der Waals surface area contributed by atoms with Crippen molar-refractivity contribution >= 4 is 39.4 Å². The number of aromatic nitrogens is 2. The van der Waals surface area contributed by atoms with Crippen LogP contribution in [0.4, 0.5) is 0 Å². The summed E-state index contributed by atoms with van der Waals surface area (Å²) in [6.45, 7) is 1.83. The molecule has 0 aliphatic carbocycles. The second-order valence-corrected chi connectivity index (χ2v) is 5.16. The van der Waals surface area contributed by atoms with E-state index < -0.39 is 0 Å². The minimum absolute atomic E-state index is 0.326. The number of nitrogens with one attached hydrogen (secondary N) is 2. The standard InChI is InChI=1S/C10H9BrN4OS/c1-6-2-9(14-13-6)10(16)15-12-4-8-3-7(11)5-17-8/h2-5H,1H3,(H,13,14)(H,15,16). The molecule has 0 aromatic carbocycles. The average Bonchev–Trinajstić information content (AvgIpc) is 2.88. The Balaban J connectivity index is 1.94. The van der Waals surface area contributed by atoms with Gasteiger partial charge in [-0.25, -0.2) is 5.43 Å². The monoisotopic (exact) mass is 312 g/mol. The number of nitrogens with zero attached hydrogens (tertiary/aromatic N) is 2. The Morgan fingerprint density at radius 2 is 2.47 bits per heavy atom. The predicted molar refractivity (Wildman–Crippen MR) is 70.4 cm³/mol. The number of carbonyl (C=O) groups is 1. The Morgan fingerprint density at radius 3 is 3.06 bits per heavy atom. The first kappa shape index (κ1) is 12.0. The minimum Gasteiger partial charge on any atom is -0.282 e. The molecule has 7 heteroatoms. The first-order valence-electron chi connectivity index (χ1n) is 4.74. The highest BCUT2D eigenvalue weighted by Crippen LogP contribution is 2.17. The van der Waals surface area contributed by atoms with Gasteiger partial charge in [0, 0.05) is 20.4 Å². The van der Waals surface area contributed by atoms with Gasteiger partial charge in [-0.05, 0) is 35.0 Å². The van der Waals surface area contributed by atoms with Gasteiger partial charge in [0.15, 0.2) is 5.69 Å². The highest BCUT2D eigenvalue weighted by Gasteiger charge is 2.07. The van der Waals surface area contributed by atoms with Crippen LogP contribution in [0.5, 0.6) is 0 Å². The van der Waals surface area contributed by atoms with E-state index in [9.17, 15) is 4.79 Å². The van der Waals surface area contributed by atoms with Crippen molar-refractivity contribution in [2.45, 2.75) is 6.92 Å². The third-order valence-corrected chi connectivity index (χ3v) is 3.51. The van der Waals surface area contributed by atoms with E-state index in [4.69, 9.17) is 0 Å². The van der Waals surface area contributed by atoms with Crippen molar-refractivity contribution in [1.82, 2.24) is 15.6 Å². The number of aromatic amines is 1. The van der Waals surface area contributed by atoms with Gasteiger partial charge < -0.3 is 0 Å². The first-order valence-corrected chi connectivity index (χ1v) is 6.42. The van der Waals surface area contributed by atoms with Crippen LogP contribution in [0.15, 0.2) is 27.1 Å². The molecular formula is C10H9BrN4OS. The number of halogens is 1. The first-order chi connectivity index (χ1) is 8.15. The number of carbonyl (C=O) groups excluding carboxylic acids is 1. The maximum atomic E-state index is 11.5. The SMILES string of the molecule is Cc1cc(C(=O)NN=Cc2cc(Br)cs2)n[nH]1. The maximum Gasteiger partial charge on any atom is 0.291 e. The lowest BCUT2D eigenvalue weighted by molar-refractivity contribution is 0.0950. The summed E-state index contributed by atoms with van der Waals surface area (Å²) in [5.41, 5.74) is 3.57. The van der Waals surface area contributed by atoms with E-state index >= 15 is 0 Å². The van der Waals surface area contributed by atoms with E-state index in [2.05, 4.69) is 36.7 Å². The normalized spacial score (nSPS) is 10.9. The van der Waals surface area contributed by atoms with Gasteiger partial charge in [0.1, 0.15) is 0 Å². The van der Waals surface area contributed by atoms with Crippen LogP contribution in [0.25, 0.3) is 0 Å². The molecule has 2 aromatic heterocycles. The Labute approximate surface area is 110 Å². The van der Waals surface area contributed by atoms with Crippen molar-refractivity contribution in [3.8, 4) is 0 Å². The molecule has 0 saturated heterocycles. The Morgan fingerprint density at radius 1 is 1.65 bits per heavy atom. The van der Waals surface area contributed by atoms with Crippen LogP contribution in [0.2, 0.25) is 0 Å². The number of thiophene rings is 1. The van der Waals surface area contributed by atoms with Gasteiger partial charge in [0.25, 0.3) is 5.91 Å². The Kier molecular flexibility index (Phi) is 3.70. The van der Waals surface area contributed by atoms with Gasteiger partial charge in [0.05, 0.1) is 6.21 Å². The third-order valence-electron chi connectivity index (χ3n) is 1.88. The third kappa shape index (κ3) is 3.24. The number of hydrazone groups is 1. The highest BCUT2D eigenvalue weighted by atomic mass is 79.9. The van der Waals surface area contributed by atoms with Crippen molar-refractivity contribution in [2.24, 2.45) is 5.10 Å². The number of H-pyrrole nitrogens is 1. The molecule has 0 aliphatic heterocycles. The maximum absolute atomic E-state index is 11.5. The van der Waals surface area contributed by atoms with E-state index in [1.807, 2.05) is 18.4 Å². The Hall–Kier alpha value is -1.47. The molecule has 0 atom stereocenters. The molecule has 0 bridgehead atoms. The lowest BCUT2D eigenvalue weighted by atomic mass is 10.4. The molecule has 17 heavy (non-hydrogen) atoms. The van der Waals surface area contributed by atoms with Crippen LogP contribution in [0.1, 0.15) is 21.1 Å². The summed E-state index contributed by atoms with van der Waals surface area (Å²) in [7, 11) is 0. The molecule has 5 nitrogen and oxygen atoms in total. The number of amides is 1. The van der Waals surface area contributed by atoms with Crippen molar-refractivity contribution < 1.29 is 4.79 Å². The van der Waals surface area contributed by atoms with Crippen LogP contribution in [-0.4, -0.2) is 22.3 Å². The molecule has 0 fully saturated rings. The molecule has 2 aromatic rings. The smallest absolute Gasteiger partial charge is 0.282 e. The van der Waals surface area contributed by atoms with E-state index in [-0.39, 0.29) is 5.91 Å². The minimum atomic E-state index is -0.332. The van der Waals surface area contributed by atoms with Gasteiger partial charge in [-0.3, -0.25) is 9.89 Å². The molecule has 2 rings (SSSR count). The fraction of sp³-hybridized carbons (Fsp3) is 0.100. The number of hydrogen-bond acceptors (Lipinski definition) is 4. The predicted octanol–water partition coefficient (Wildman–Crippen LogP) is 2.31. The van der Waals surface area contributed by atoms with Crippen molar-refractivity contribution in [1.29, 1.82) is 0 Å². The summed E-state index contributed by atoms with van der Waals surface area (Å²) in [4.78, 5) is 12.5. The van der Waals surface area contributed by atoms with E-state index in [1.165, 1.54) is 11.3 Å². The highest BCUT2D eigenvalue weighted by molar-refractivity contribution is 9.10. The summed E-state index contributed by atoms with van der Waals surface area (Å²) in [5.74, 6) is -0.332. The molecule has 0 unspecified atom stereocenters. The molecule has 88 valence electrons. The van der Waals surface area contributed by atoms with E-state index in [1.54, 1.807) is 12.3 Å². The van der Waals surface area contributed by atoms with Crippen LogP contribution < -0.4 is 5.43 Å². The number of rotatable bonds is 3. The van der Waals surface area contributed by atoms with Crippen LogP contribution in [-0.2, 0) is 0 Å².